The zero-order valence-corrected chi connectivity index (χ0v) is 19.0. The highest BCUT2D eigenvalue weighted by Crippen LogP contribution is 2.29. The van der Waals surface area contributed by atoms with Gasteiger partial charge in [-0.15, -0.1) is 0 Å². The molecule has 0 atom stereocenters. The Bertz CT molecular complexity index is 1110. The van der Waals surface area contributed by atoms with Gasteiger partial charge < -0.3 is 14.2 Å². The van der Waals surface area contributed by atoms with E-state index in [0.29, 0.717) is 11.1 Å². The summed E-state index contributed by atoms with van der Waals surface area (Å²) in [6.07, 6.45) is -0.152. The van der Waals surface area contributed by atoms with Crippen molar-refractivity contribution in [3.63, 3.8) is 0 Å². The third kappa shape index (κ3) is 6.27. The van der Waals surface area contributed by atoms with E-state index >= 15 is 0 Å². The Balaban J connectivity index is 1.30. The van der Waals surface area contributed by atoms with Crippen molar-refractivity contribution >= 4 is 11.9 Å². The molecule has 35 heavy (non-hydrogen) atoms. The van der Waals surface area contributed by atoms with Gasteiger partial charge in [0.15, 0.2) is 0 Å². The number of benzene rings is 1. The number of nitrogens with zero attached hydrogens (tertiary/aromatic N) is 5. The molecule has 2 aromatic heterocycles. The normalized spacial score (nSPS) is 14.1. The van der Waals surface area contributed by atoms with E-state index in [1.807, 2.05) is 12.1 Å². The van der Waals surface area contributed by atoms with E-state index in [-0.39, 0.29) is 19.0 Å². The lowest BCUT2D eigenvalue weighted by Gasteiger charge is -2.27. The fraction of sp³-hybridized carbons (Fsp3) is 0.391. The maximum atomic E-state index is 12.6. The number of carbonyl (C=O) groups excluding carboxylic acids is 1. The number of alkyl halides is 3. The lowest BCUT2D eigenvalue weighted by Crippen LogP contribution is -2.30. The highest BCUT2D eigenvalue weighted by atomic mass is 19.4. The van der Waals surface area contributed by atoms with Crippen molar-refractivity contribution in [1.29, 1.82) is 0 Å². The molecular formula is C23H24F3N5O4. The SMILES string of the molecule is CON(Cc1ccc(-c2noc(C(F)(F)F)n2)cc1)C(=O)OCc1ccc(N2CCCCC2)nc1. The molecule has 0 saturated carbocycles. The van der Waals surface area contributed by atoms with Crippen LogP contribution < -0.4 is 4.90 Å². The van der Waals surface area contributed by atoms with Gasteiger partial charge in [-0.1, -0.05) is 35.5 Å². The minimum absolute atomic E-state index is 0.0320. The second-order valence-electron chi connectivity index (χ2n) is 7.96. The topological polar surface area (TPSA) is 93.8 Å². The van der Waals surface area contributed by atoms with Gasteiger partial charge in [0.1, 0.15) is 12.4 Å². The number of hydroxylamine groups is 2. The molecule has 9 nitrogen and oxygen atoms in total. The van der Waals surface area contributed by atoms with Crippen LogP contribution in [0.2, 0.25) is 0 Å². The van der Waals surface area contributed by atoms with Gasteiger partial charge >= 0.3 is 18.2 Å². The smallest absolute Gasteiger partial charge is 0.443 e. The summed E-state index contributed by atoms with van der Waals surface area (Å²) in [5, 5.41) is 4.38. The summed E-state index contributed by atoms with van der Waals surface area (Å²) in [6, 6.07) is 10.1. The average molecular weight is 491 g/mol. The number of carbonyl (C=O) groups is 1. The Morgan fingerprint density at radius 2 is 1.80 bits per heavy atom. The third-order valence-electron chi connectivity index (χ3n) is 5.48. The van der Waals surface area contributed by atoms with Gasteiger partial charge in [0, 0.05) is 30.4 Å². The number of pyridine rings is 1. The van der Waals surface area contributed by atoms with E-state index in [0.717, 1.165) is 42.4 Å². The average Bonchev–Trinajstić information content (AvgIpc) is 3.38. The first-order valence-electron chi connectivity index (χ1n) is 11.0. The molecule has 1 saturated heterocycles. The van der Waals surface area contributed by atoms with Crippen LogP contribution in [-0.4, -0.2) is 46.5 Å². The Morgan fingerprint density at radius 3 is 2.40 bits per heavy atom. The fourth-order valence-corrected chi connectivity index (χ4v) is 3.61. The van der Waals surface area contributed by atoms with E-state index in [1.165, 1.54) is 25.7 Å². The van der Waals surface area contributed by atoms with Crippen LogP contribution in [0.1, 0.15) is 36.3 Å². The molecule has 186 valence electrons. The molecule has 4 rings (SSSR count). The van der Waals surface area contributed by atoms with E-state index in [4.69, 9.17) is 9.57 Å². The molecule has 3 aromatic rings. The van der Waals surface area contributed by atoms with Gasteiger partial charge in [-0.3, -0.25) is 4.84 Å². The van der Waals surface area contributed by atoms with Crippen LogP contribution in [0.15, 0.2) is 47.1 Å². The molecule has 3 heterocycles. The maximum absolute atomic E-state index is 12.6. The molecule has 12 heteroatoms. The van der Waals surface area contributed by atoms with E-state index < -0.39 is 18.2 Å². The number of halogens is 3. The molecule has 1 aliphatic rings. The molecule has 0 spiro atoms. The molecular weight excluding hydrogens is 467 g/mol. The molecule has 0 radical (unpaired) electrons. The highest BCUT2D eigenvalue weighted by molar-refractivity contribution is 5.66. The number of ether oxygens (including phenoxy) is 1. The van der Waals surface area contributed by atoms with Gasteiger partial charge in [0.05, 0.1) is 13.7 Å². The van der Waals surface area contributed by atoms with Crippen LogP contribution in [-0.2, 0) is 28.9 Å². The molecule has 1 aromatic carbocycles. The first kappa shape index (κ1) is 24.5. The number of hydrogen-bond donors (Lipinski definition) is 0. The standard InChI is InChI=1S/C23H24F3N5O4/c1-33-31(14-16-5-8-18(9-6-16)20-28-21(35-29-20)23(24,25)26)22(32)34-15-17-7-10-19(27-13-17)30-11-3-2-4-12-30/h5-10,13H,2-4,11-12,14-15H2,1H3. The number of hydrogen-bond acceptors (Lipinski definition) is 8. The fourth-order valence-electron chi connectivity index (χ4n) is 3.61. The molecule has 0 bridgehead atoms. The zero-order valence-electron chi connectivity index (χ0n) is 19.0. The number of rotatable bonds is 7. The van der Waals surface area contributed by atoms with Gasteiger partial charge in [-0.25, -0.2) is 9.78 Å². The van der Waals surface area contributed by atoms with Crippen molar-refractivity contribution in [2.75, 3.05) is 25.1 Å². The summed E-state index contributed by atoms with van der Waals surface area (Å²) >= 11 is 0. The predicted molar refractivity (Wildman–Crippen MR) is 118 cm³/mol. The Kier molecular flexibility index (Phi) is 7.49. The summed E-state index contributed by atoms with van der Waals surface area (Å²) in [5.74, 6) is -0.690. The van der Waals surface area contributed by atoms with Crippen LogP contribution in [0.3, 0.4) is 0 Å². The molecule has 1 amide bonds. The molecule has 0 N–H and O–H groups in total. The van der Waals surface area contributed by atoms with E-state index in [9.17, 15) is 18.0 Å². The van der Waals surface area contributed by atoms with E-state index in [2.05, 4.69) is 24.5 Å². The summed E-state index contributed by atoms with van der Waals surface area (Å²) < 4.78 is 47.5. The summed E-state index contributed by atoms with van der Waals surface area (Å²) in [7, 11) is 1.34. The van der Waals surface area contributed by atoms with Gasteiger partial charge in [0.2, 0.25) is 5.82 Å². The Labute approximate surface area is 199 Å². The first-order chi connectivity index (χ1) is 16.8. The number of amides is 1. The molecule has 1 fully saturated rings. The largest absolute Gasteiger partial charge is 0.471 e. The molecule has 1 aliphatic heterocycles. The van der Waals surface area contributed by atoms with Crippen LogP contribution in [0.4, 0.5) is 23.8 Å². The maximum Gasteiger partial charge on any atom is 0.471 e. The molecule has 0 unspecified atom stereocenters. The lowest BCUT2D eigenvalue weighted by atomic mass is 10.1. The quantitative estimate of drug-likeness (QED) is 0.434. The van der Waals surface area contributed by atoms with Gasteiger partial charge in [-0.2, -0.15) is 23.2 Å². The van der Waals surface area contributed by atoms with Crippen molar-refractivity contribution in [2.24, 2.45) is 0 Å². The number of aromatic nitrogens is 3. The van der Waals surface area contributed by atoms with Crippen molar-refractivity contribution in [3.05, 3.63) is 59.6 Å². The minimum atomic E-state index is -4.71. The minimum Gasteiger partial charge on any atom is -0.443 e. The Morgan fingerprint density at radius 1 is 1.09 bits per heavy atom. The Hall–Kier alpha value is -3.67. The van der Waals surface area contributed by atoms with Crippen molar-refractivity contribution in [2.45, 2.75) is 38.6 Å². The second kappa shape index (κ2) is 10.7. The van der Waals surface area contributed by atoms with Gasteiger partial charge in [-0.05, 0) is 30.9 Å². The molecule has 0 aliphatic carbocycles. The predicted octanol–water partition coefficient (Wildman–Crippen LogP) is 4.84. The zero-order chi connectivity index (χ0) is 24.8. The second-order valence-corrected chi connectivity index (χ2v) is 7.96. The lowest BCUT2D eigenvalue weighted by molar-refractivity contribution is -0.159. The summed E-state index contributed by atoms with van der Waals surface area (Å²) in [5.41, 5.74) is 1.73. The van der Waals surface area contributed by atoms with Crippen LogP contribution in [0.25, 0.3) is 11.4 Å². The van der Waals surface area contributed by atoms with E-state index in [1.54, 1.807) is 18.3 Å². The van der Waals surface area contributed by atoms with Crippen molar-refractivity contribution < 1.29 is 32.1 Å². The van der Waals surface area contributed by atoms with Crippen LogP contribution in [0, 0.1) is 0 Å². The highest BCUT2D eigenvalue weighted by Gasteiger charge is 2.38. The number of piperidine rings is 1. The van der Waals surface area contributed by atoms with Crippen LogP contribution in [0.5, 0.6) is 0 Å². The van der Waals surface area contributed by atoms with Crippen LogP contribution >= 0.6 is 0 Å². The summed E-state index contributed by atoms with van der Waals surface area (Å²) in [4.78, 5) is 27.7. The number of anilines is 1. The third-order valence-corrected chi connectivity index (χ3v) is 5.48. The summed E-state index contributed by atoms with van der Waals surface area (Å²) in [6.45, 7) is 2.08. The van der Waals surface area contributed by atoms with Crippen molar-refractivity contribution in [1.82, 2.24) is 20.2 Å². The first-order valence-corrected chi connectivity index (χ1v) is 11.0. The van der Waals surface area contributed by atoms with Crippen molar-refractivity contribution in [3.8, 4) is 11.4 Å². The monoisotopic (exact) mass is 491 g/mol. The van der Waals surface area contributed by atoms with Gasteiger partial charge in [0.25, 0.3) is 0 Å².